The molecule has 0 saturated heterocycles. The first kappa shape index (κ1) is 9.79. The van der Waals surface area contributed by atoms with Crippen LogP contribution in [0, 0.1) is 5.92 Å². The van der Waals surface area contributed by atoms with E-state index in [1.54, 1.807) is 0 Å². The lowest BCUT2D eigenvalue weighted by Gasteiger charge is -2.12. The number of nitrogens with two attached hydrogens (primary N) is 1. The highest BCUT2D eigenvalue weighted by Gasteiger charge is 2.15. The molecule has 1 heteroatoms. The van der Waals surface area contributed by atoms with Gasteiger partial charge in [0.05, 0.1) is 0 Å². The summed E-state index contributed by atoms with van der Waals surface area (Å²) in [5, 5.41) is 0. The smallest absolute Gasteiger partial charge is 0.00734 e. The van der Waals surface area contributed by atoms with Crippen LogP contribution in [0.1, 0.15) is 44.9 Å². The second-order valence-corrected chi connectivity index (χ2v) is 4.01. The molecule has 1 unspecified atom stereocenters. The van der Waals surface area contributed by atoms with Gasteiger partial charge in [-0.15, -0.1) is 6.58 Å². The summed E-state index contributed by atoms with van der Waals surface area (Å²) in [7, 11) is 0. The summed E-state index contributed by atoms with van der Waals surface area (Å²) in [6.07, 6.45) is 11.2. The summed E-state index contributed by atoms with van der Waals surface area (Å²) in [5.41, 5.74) is 5.89. The van der Waals surface area contributed by atoms with Crippen LogP contribution in [0.5, 0.6) is 0 Å². The van der Waals surface area contributed by atoms with Gasteiger partial charge in [-0.2, -0.15) is 0 Å². The molecule has 0 radical (unpaired) electrons. The monoisotopic (exact) mass is 167 g/mol. The van der Waals surface area contributed by atoms with Crippen LogP contribution in [0.2, 0.25) is 0 Å². The zero-order valence-corrected chi connectivity index (χ0v) is 7.97. The molecule has 0 aromatic carbocycles. The van der Waals surface area contributed by atoms with Crippen LogP contribution < -0.4 is 5.73 Å². The van der Waals surface area contributed by atoms with Crippen LogP contribution in [0.3, 0.4) is 0 Å². The highest BCUT2D eigenvalue weighted by atomic mass is 14.6. The van der Waals surface area contributed by atoms with Crippen molar-refractivity contribution >= 4 is 0 Å². The quantitative estimate of drug-likeness (QED) is 0.626. The van der Waals surface area contributed by atoms with Crippen molar-refractivity contribution < 1.29 is 0 Å². The summed E-state index contributed by atoms with van der Waals surface area (Å²) in [6, 6.07) is 0.364. The molecule has 1 atom stereocenters. The molecule has 1 nitrogen and oxygen atoms in total. The topological polar surface area (TPSA) is 26.0 Å². The Morgan fingerprint density at radius 1 is 1.42 bits per heavy atom. The fourth-order valence-electron chi connectivity index (χ4n) is 2.08. The summed E-state index contributed by atoms with van der Waals surface area (Å²) in [4.78, 5) is 0. The molecular formula is C11H21N. The van der Waals surface area contributed by atoms with Gasteiger partial charge in [-0.3, -0.25) is 0 Å². The Balaban J connectivity index is 2.03. The van der Waals surface area contributed by atoms with Gasteiger partial charge < -0.3 is 5.73 Å². The van der Waals surface area contributed by atoms with Gasteiger partial charge in [0.25, 0.3) is 0 Å². The molecule has 0 heterocycles. The lowest BCUT2D eigenvalue weighted by atomic mass is 9.98. The molecule has 70 valence electrons. The van der Waals surface area contributed by atoms with Crippen molar-refractivity contribution in [1.82, 2.24) is 0 Å². The van der Waals surface area contributed by atoms with Crippen LogP contribution >= 0.6 is 0 Å². The SMILES string of the molecule is C=CCC(N)CCC1CCCC1. The maximum atomic E-state index is 5.89. The normalized spacial score (nSPS) is 21.1. The molecule has 0 spiro atoms. The van der Waals surface area contributed by atoms with Crippen LogP contribution in [-0.4, -0.2) is 6.04 Å². The molecule has 2 N–H and O–H groups in total. The third-order valence-electron chi connectivity index (χ3n) is 2.89. The first-order chi connectivity index (χ1) is 5.83. The molecule has 1 aliphatic rings. The minimum atomic E-state index is 0.364. The molecule has 0 aromatic rings. The lowest BCUT2D eigenvalue weighted by Crippen LogP contribution is -2.19. The van der Waals surface area contributed by atoms with Gasteiger partial charge in [0.1, 0.15) is 0 Å². The third-order valence-corrected chi connectivity index (χ3v) is 2.89. The highest BCUT2D eigenvalue weighted by molar-refractivity contribution is 4.77. The highest BCUT2D eigenvalue weighted by Crippen LogP contribution is 2.28. The number of hydrogen-bond acceptors (Lipinski definition) is 1. The van der Waals surface area contributed by atoms with Crippen molar-refractivity contribution in [2.45, 2.75) is 51.0 Å². The van der Waals surface area contributed by atoms with Gasteiger partial charge in [0, 0.05) is 6.04 Å². The fraction of sp³-hybridized carbons (Fsp3) is 0.818. The van der Waals surface area contributed by atoms with Crippen LogP contribution in [0.25, 0.3) is 0 Å². The van der Waals surface area contributed by atoms with Crippen LogP contribution in [-0.2, 0) is 0 Å². The molecule has 0 amide bonds. The minimum absolute atomic E-state index is 0.364. The number of rotatable bonds is 5. The zero-order valence-electron chi connectivity index (χ0n) is 7.97. The van der Waals surface area contributed by atoms with Gasteiger partial charge >= 0.3 is 0 Å². The van der Waals surface area contributed by atoms with Gasteiger partial charge in [0.15, 0.2) is 0 Å². The van der Waals surface area contributed by atoms with E-state index in [-0.39, 0.29) is 0 Å². The van der Waals surface area contributed by atoms with Gasteiger partial charge in [-0.1, -0.05) is 31.8 Å². The Morgan fingerprint density at radius 3 is 2.67 bits per heavy atom. The fourth-order valence-corrected chi connectivity index (χ4v) is 2.08. The van der Waals surface area contributed by atoms with Crippen LogP contribution in [0.15, 0.2) is 12.7 Å². The predicted octanol–water partition coefficient (Wildman–Crippen LogP) is 2.86. The molecule has 1 saturated carbocycles. The molecular weight excluding hydrogens is 146 g/mol. The van der Waals surface area contributed by atoms with Crippen molar-refractivity contribution in [1.29, 1.82) is 0 Å². The molecule has 1 fully saturated rings. The molecule has 1 aliphatic carbocycles. The standard InChI is InChI=1S/C11H21N/c1-2-5-11(12)9-8-10-6-3-4-7-10/h2,10-11H,1,3-9,12H2. The zero-order chi connectivity index (χ0) is 8.81. The Kier molecular flexibility index (Phi) is 4.37. The summed E-state index contributed by atoms with van der Waals surface area (Å²) >= 11 is 0. The average Bonchev–Trinajstić information content (AvgIpc) is 2.53. The maximum Gasteiger partial charge on any atom is 0.00734 e. The summed E-state index contributed by atoms with van der Waals surface area (Å²) < 4.78 is 0. The van der Waals surface area contributed by atoms with E-state index >= 15 is 0 Å². The van der Waals surface area contributed by atoms with Crippen molar-refractivity contribution in [3.8, 4) is 0 Å². The van der Waals surface area contributed by atoms with Crippen molar-refractivity contribution in [2.75, 3.05) is 0 Å². The maximum absolute atomic E-state index is 5.89. The van der Waals surface area contributed by atoms with Gasteiger partial charge in [0.2, 0.25) is 0 Å². The largest absolute Gasteiger partial charge is 0.327 e. The van der Waals surface area contributed by atoms with Crippen molar-refractivity contribution in [3.05, 3.63) is 12.7 Å². The Morgan fingerprint density at radius 2 is 2.08 bits per heavy atom. The second-order valence-electron chi connectivity index (χ2n) is 4.01. The van der Waals surface area contributed by atoms with E-state index in [2.05, 4.69) is 6.58 Å². The first-order valence-electron chi connectivity index (χ1n) is 5.19. The summed E-state index contributed by atoms with van der Waals surface area (Å²) in [6.45, 7) is 3.70. The molecule has 0 bridgehead atoms. The minimum Gasteiger partial charge on any atom is -0.327 e. The van der Waals surface area contributed by atoms with Crippen molar-refractivity contribution in [3.63, 3.8) is 0 Å². The van der Waals surface area contributed by atoms with E-state index in [0.717, 1.165) is 12.3 Å². The molecule has 0 aromatic heterocycles. The molecule has 12 heavy (non-hydrogen) atoms. The van der Waals surface area contributed by atoms with Gasteiger partial charge in [-0.25, -0.2) is 0 Å². The van der Waals surface area contributed by atoms with E-state index in [1.807, 2.05) is 6.08 Å². The van der Waals surface area contributed by atoms with Gasteiger partial charge in [-0.05, 0) is 25.2 Å². The Labute approximate surface area is 76.0 Å². The first-order valence-corrected chi connectivity index (χ1v) is 5.19. The molecule has 0 aliphatic heterocycles. The third kappa shape index (κ3) is 3.40. The van der Waals surface area contributed by atoms with E-state index < -0.39 is 0 Å². The van der Waals surface area contributed by atoms with E-state index in [0.29, 0.717) is 6.04 Å². The number of hydrogen-bond donors (Lipinski definition) is 1. The predicted molar refractivity (Wildman–Crippen MR) is 54.0 cm³/mol. The van der Waals surface area contributed by atoms with E-state index in [1.165, 1.54) is 38.5 Å². The second kappa shape index (κ2) is 5.36. The lowest BCUT2D eigenvalue weighted by molar-refractivity contribution is 0.449. The van der Waals surface area contributed by atoms with E-state index in [9.17, 15) is 0 Å². The van der Waals surface area contributed by atoms with Crippen LogP contribution in [0.4, 0.5) is 0 Å². The molecule has 1 rings (SSSR count). The Bertz CT molecular complexity index is 125. The summed E-state index contributed by atoms with van der Waals surface area (Å²) in [5.74, 6) is 0.987. The van der Waals surface area contributed by atoms with Crippen molar-refractivity contribution in [2.24, 2.45) is 11.7 Å². The average molecular weight is 167 g/mol. The Hall–Kier alpha value is -0.300. The van der Waals surface area contributed by atoms with E-state index in [4.69, 9.17) is 5.73 Å².